The first-order valence-corrected chi connectivity index (χ1v) is 32.8. The van der Waals surface area contributed by atoms with Gasteiger partial charge in [0.2, 0.25) is 17.8 Å². The molecule has 12 rings (SSSR count). The molecule has 9 heterocycles. The van der Waals surface area contributed by atoms with Crippen molar-refractivity contribution >= 4 is 76.9 Å². The molecular formula is C63H72F3N18O10P. The number of carbonyl (C=O) groups is 3. The monoisotopic (exact) mass is 1330 g/mol. The van der Waals surface area contributed by atoms with E-state index < -0.39 is 78.5 Å². The number of phosphoric acid groups is 1. The number of imidazole rings is 3. The fraction of sp³-hybridized carbons (Fsp3) is 0.429. The molecule has 0 saturated carbocycles. The summed E-state index contributed by atoms with van der Waals surface area (Å²) < 4.78 is 105. The second-order valence-corrected chi connectivity index (χ2v) is 25.9. The van der Waals surface area contributed by atoms with E-state index >= 15 is 17.7 Å². The number of halogens is 3. The number of hydrogen-bond acceptors (Lipinski definition) is 19. The van der Waals surface area contributed by atoms with Crippen LogP contribution in [0, 0.1) is 17.5 Å². The molecular weight excluding hydrogens is 1260 g/mol. The number of aromatic amines is 3. The Morgan fingerprint density at radius 3 is 0.979 bits per heavy atom. The number of carbonyl (C=O) groups excluding carboxylic acids is 3. The van der Waals surface area contributed by atoms with Crippen molar-refractivity contribution in [2.75, 3.05) is 55.4 Å². The first-order valence-electron chi connectivity index (χ1n) is 31.3. The van der Waals surface area contributed by atoms with E-state index in [4.69, 9.17) is 27.8 Å². The minimum Gasteiger partial charge on any atom is -0.373 e. The Labute approximate surface area is 542 Å². The third-order valence-corrected chi connectivity index (χ3v) is 18.3. The van der Waals surface area contributed by atoms with Crippen LogP contribution in [0.25, 0.3) is 66.5 Å². The van der Waals surface area contributed by atoms with Gasteiger partial charge in [0.1, 0.15) is 34.3 Å². The molecule has 95 heavy (non-hydrogen) atoms. The second kappa shape index (κ2) is 26.6. The molecule has 0 spiro atoms. The topological polar surface area (TPSA) is 359 Å². The highest BCUT2D eigenvalue weighted by molar-refractivity contribution is 7.48. The van der Waals surface area contributed by atoms with Gasteiger partial charge in [-0.05, 0) is 119 Å². The summed E-state index contributed by atoms with van der Waals surface area (Å²) in [7, 11) is -5.09. The normalized spacial score (nSPS) is 17.1. The van der Waals surface area contributed by atoms with Crippen molar-refractivity contribution in [3.8, 4) is 33.4 Å². The zero-order chi connectivity index (χ0) is 67.1. The lowest BCUT2D eigenvalue weighted by Crippen LogP contribution is -2.32. The summed E-state index contributed by atoms with van der Waals surface area (Å²) in [6, 6.07) is 3.02. The Morgan fingerprint density at radius 2 is 0.747 bits per heavy atom. The van der Waals surface area contributed by atoms with Crippen molar-refractivity contribution < 1.29 is 59.9 Å². The Bertz CT molecular complexity index is 3980. The molecule has 0 aliphatic carbocycles. The van der Waals surface area contributed by atoms with E-state index in [1.807, 2.05) is 0 Å². The van der Waals surface area contributed by atoms with Crippen molar-refractivity contribution in [1.82, 2.24) is 75.8 Å². The summed E-state index contributed by atoms with van der Waals surface area (Å²) in [5.41, 5.74) is -1.56. The molecule has 3 fully saturated rings. The van der Waals surface area contributed by atoms with Gasteiger partial charge in [-0.25, -0.2) is 77.0 Å². The summed E-state index contributed by atoms with van der Waals surface area (Å²) in [6.45, 7) is 16.8. The second-order valence-electron chi connectivity index (χ2n) is 24.5. The van der Waals surface area contributed by atoms with Crippen LogP contribution in [0.15, 0.2) is 55.4 Å². The lowest BCUT2D eigenvalue weighted by Gasteiger charge is -2.36. The van der Waals surface area contributed by atoms with Gasteiger partial charge in [0.05, 0.1) is 51.4 Å². The van der Waals surface area contributed by atoms with Gasteiger partial charge in [-0.2, -0.15) is 0 Å². The molecule has 6 amide bonds. The summed E-state index contributed by atoms with van der Waals surface area (Å²) >= 11 is 0. The van der Waals surface area contributed by atoms with E-state index in [2.05, 4.69) is 91.7 Å². The molecule has 32 heteroatoms. The van der Waals surface area contributed by atoms with E-state index in [-0.39, 0.29) is 85.4 Å². The molecule has 0 bridgehead atoms. The molecule has 0 radical (unpaired) electrons. The van der Waals surface area contributed by atoms with Gasteiger partial charge in [0.25, 0.3) is 0 Å². The van der Waals surface area contributed by atoms with Gasteiger partial charge in [-0.1, -0.05) is 0 Å². The highest BCUT2D eigenvalue weighted by atomic mass is 31.2. The number of nitrogens with one attached hydrogen (secondary N) is 9. The van der Waals surface area contributed by atoms with E-state index in [0.29, 0.717) is 111 Å². The Balaban J connectivity index is 0.875. The third kappa shape index (κ3) is 13.6. The van der Waals surface area contributed by atoms with Crippen molar-refractivity contribution in [2.24, 2.45) is 0 Å². The highest BCUT2D eigenvalue weighted by Crippen LogP contribution is 2.61. The summed E-state index contributed by atoms with van der Waals surface area (Å²) in [5, 5.41) is 15.9. The molecule has 28 nitrogen and oxygen atoms in total. The quantitative estimate of drug-likeness (QED) is 0.0302. The van der Waals surface area contributed by atoms with E-state index in [1.165, 1.54) is 96.9 Å². The number of nitrogens with zero attached hydrogens (tertiary/aromatic N) is 9. The van der Waals surface area contributed by atoms with Crippen LogP contribution in [0.4, 0.5) is 45.4 Å². The van der Waals surface area contributed by atoms with Crippen LogP contribution >= 0.6 is 7.82 Å². The molecule has 9 aromatic rings. The van der Waals surface area contributed by atoms with E-state index in [1.54, 1.807) is 20.8 Å². The summed E-state index contributed by atoms with van der Waals surface area (Å²) in [4.78, 5) is 88.0. The largest absolute Gasteiger partial charge is 0.477 e. The van der Waals surface area contributed by atoms with Crippen molar-refractivity contribution in [3.05, 3.63) is 107 Å². The van der Waals surface area contributed by atoms with Crippen LogP contribution in [0.1, 0.15) is 153 Å². The zero-order valence-corrected chi connectivity index (χ0v) is 54.5. The lowest BCUT2D eigenvalue weighted by atomic mass is 9.98. The number of amides is 6. The number of fused-ring (bicyclic) bond motifs is 3. The SMILES string of the molecule is CCNC(=O)Nc1nc2cc(-c3cnc(C(C)(C)OP(=O)(OC(C)(C)c4ncc(-c5cc6nc(NC(=O)NCC)[nH]c6c([C@H]6CCCO6)c5F)cn4)OC(C)(C)c4ncc(-c5cc6nc(NC(=O)NCC)[nH]c6c([C@H]6CCCO6)c5F)cn4)nc3)c(F)c([C@H]3CCCO3)c2[nH]1. The fourth-order valence-corrected chi connectivity index (χ4v) is 13.9. The Kier molecular flexibility index (Phi) is 18.5. The Morgan fingerprint density at radius 1 is 0.484 bits per heavy atom. The van der Waals surface area contributed by atoms with Crippen LogP contribution < -0.4 is 31.9 Å². The predicted octanol–water partition coefficient (Wildman–Crippen LogP) is 12.3. The van der Waals surface area contributed by atoms with Gasteiger partial charge >= 0.3 is 25.9 Å². The number of hydrogen-bond donors (Lipinski definition) is 9. The van der Waals surface area contributed by atoms with Gasteiger partial charge < -0.3 is 45.1 Å². The van der Waals surface area contributed by atoms with Gasteiger partial charge in [-0.15, -0.1) is 0 Å². The minimum atomic E-state index is -5.09. The smallest absolute Gasteiger partial charge is 0.373 e. The number of H-pyrrole nitrogens is 3. The van der Waals surface area contributed by atoms with Crippen molar-refractivity contribution in [3.63, 3.8) is 0 Å². The van der Waals surface area contributed by atoms with Gasteiger partial charge in [0.15, 0.2) is 17.5 Å². The first kappa shape index (κ1) is 65.9. The third-order valence-electron chi connectivity index (χ3n) is 16.3. The molecule has 6 aromatic heterocycles. The molecule has 3 saturated heterocycles. The molecule has 3 aliphatic rings. The minimum absolute atomic E-state index is 0.0460. The molecule has 9 N–H and O–H groups in total. The van der Waals surface area contributed by atoms with Crippen LogP contribution in [0.2, 0.25) is 0 Å². The maximum Gasteiger partial charge on any atom is 0.477 e. The summed E-state index contributed by atoms with van der Waals surface area (Å²) in [5.74, 6) is -1.71. The number of urea groups is 3. The Hall–Kier alpha value is -9.10. The molecule has 3 atom stereocenters. The predicted molar refractivity (Wildman–Crippen MR) is 343 cm³/mol. The van der Waals surface area contributed by atoms with Crippen LogP contribution in [-0.4, -0.2) is 117 Å². The molecule has 500 valence electrons. The van der Waals surface area contributed by atoms with Crippen LogP contribution in [0.3, 0.4) is 0 Å². The summed E-state index contributed by atoms with van der Waals surface area (Å²) in [6.07, 6.45) is 10.1. The number of phosphoric ester groups is 1. The standard InChI is InChI=1S/C63H72F3N18O10P/c1-10-67-58(85)82-55-76-37-22-34(46(64)43(49(37)79-55)40-16-13-19-89-40)31-25-70-52(71-26-31)61(4,5)92-95(88,93-62(6,7)53-72-27-32(28-73-53)35-23-38-50(44(47(35)65)41-17-14-20-90-41)80-56(77-38)83-59(86)68-11-2)94-63(8,9)54-74-29-33(30-75-54)36-24-39-51(45(48(36)66)42-18-15-21-91-42)81-57(78-39)84-60(87)69-12-3/h22-30,40-42H,10-21H2,1-9H3,(H3,67,76,79,82,85)(H3,68,77,80,83,86)(H3,69,78,81,84,87)/t40-,41-,42-/m1/s1. The zero-order valence-electron chi connectivity index (χ0n) is 53.6. The maximum atomic E-state index is 17.0. The molecule has 0 unspecified atom stereocenters. The van der Waals surface area contributed by atoms with Crippen LogP contribution in [0.5, 0.6) is 0 Å². The average molecular weight is 1330 g/mol. The average Bonchev–Trinajstić information content (AvgIpc) is 1.74. The maximum absolute atomic E-state index is 17.0. The number of ether oxygens (including phenoxy) is 3. The van der Waals surface area contributed by atoms with Crippen molar-refractivity contribution in [2.45, 2.75) is 136 Å². The van der Waals surface area contributed by atoms with Gasteiger partial charge in [0, 0.05) is 127 Å². The number of benzene rings is 3. The number of aromatic nitrogens is 12. The first-order chi connectivity index (χ1) is 45.4. The molecule has 3 aromatic carbocycles. The van der Waals surface area contributed by atoms with Gasteiger partial charge in [-0.3, -0.25) is 29.5 Å². The molecule has 3 aliphatic heterocycles. The van der Waals surface area contributed by atoms with E-state index in [0.717, 1.165) is 0 Å². The van der Waals surface area contributed by atoms with E-state index in [9.17, 15) is 14.4 Å². The number of rotatable bonds is 21. The highest BCUT2D eigenvalue weighted by Gasteiger charge is 2.48. The van der Waals surface area contributed by atoms with Crippen LogP contribution in [-0.2, 0) is 49.2 Å². The van der Waals surface area contributed by atoms with Crippen molar-refractivity contribution in [1.29, 1.82) is 0 Å². The number of anilines is 3. The fourth-order valence-electron chi connectivity index (χ4n) is 11.9. The lowest BCUT2D eigenvalue weighted by molar-refractivity contribution is -0.0528.